The number of phosphoric ester groups is 1. The normalized spacial score (nSPS) is 18.9. The minimum Gasteiger partial charge on any atom is -0.489 e. The molecule has 0 aliphatic carbocycles. The first-order valence-electron chi connectivity index (χ1n) is 11.4. The van der Waals surface area contributed by atoms with Crippen molar-refractivity contribution in [2.45, 2.75) is 63.3 Å². The number of ether oxygens (including phenoxy) is 1. The Morgan fingerprint density at radius 2 is 1.71 bits per heavy atom. The van der Waals surface area contributed by atoms with Crippen LogP contribution in [0.2, 0.25) is 0 Å². The van der Waals surface area contributed by atoms with Gasteiger partial charge in [-0.25, -0.2) is 4.57 Å². The Labute approximate surface area is 197 Å². The molecule has 3 rings (SSSR count). The van der Waals surface area contributed by atoms with Crippen LogP contribution in [0, 0.1) is 0 Å². The van der Waals surface area contributed by atoms with Gasteiger partial charge in [-0.2, -0.15) is 13.2 Å². The van der Waals surface area contributed by atoms with Crippen LogP contribution in [-0.4, -0.2) is 35.1 Å². The number of hydrogen-bond acceptors (Lipinski definition) is 4. The summed E-state index contributed by atoms with van der Waals surface area (Å²) in [7, 11) is -4.57. The lowest BCUT2D eigenvalue weighted by Crippen LogP contribution is -2.26. The van der Waals surface area contributed by atoms with Gasteiger partial charge in [-0.15, -0.1) is 0 Å². The second-order valence-corrected chi connectivity index (χ2v) is 9.82. The molecule has 188 valence electrons. The van der Waals surface area contributed by atoms with Crippen molar-refractivity contribution < 1.29 is 36.8 Å². The molecular formula is C24H31F3NO5P. The fourth-order valence-electron chi connectivity index (χ4n) is 4.13. The number of unbranched alkanes of at least 4 members (excludes halogenated alkanes) is 3. The fraction of sp³-hybridized carbons (Fsp3) is 0.500. The van der Waals surface area contributed by atoms with Crippen molar-refractivity contribution >= 4 is 7.82 Å². The van der Waals surface area contributed by atoms with E-state index in [0.717, 1.165) is 31.7 Å². The molecule has 3 N–H and O–H groups in total. The summed E-state index contributed by atoms with van der Waals surface area (Å²) >= 11 is 0. The summed E-state index contributed by atoms with van der Waals surface area (Å²) in [5.74, 6) is 0.127. The third-order valence-corrected chi connectivity index (χ3v) is 6.30. The molecule has 1 heterocycles. The summed E-state index contributed by atoms with van der Waals surface area (Å²) in [6, 6.07) is 13.9. The van der Waals surface area contributed by atoms with E-state index in [1.807, 2.05) is 18.2 Å². The van der Waals surface area contributed by atoms with Crippen LogP contribution in [0.4, 0.5) is 13.2 Å². The first-order chi connectivity index (χ1) is 16.1. The number of rotatable bonds is 12. The predicted molar refractivity (Wildman–Crippen MR) is 123 cm³/mol. The van der Waals surface area contributed by atoms with E-state index in [0.29, 0.717) is 25.8 Å². The van der Waals surface area contributed by atoms with Crippen molar-refractivity contribution in [3.8, 4) is 5.75 Å². The van der Waals surface area contributed by atoms with E-state index in [1.54, 1.807) is 6.07 Å². The van der Waals surface area contributed by atoms with Gasteiger partial charge in [0.1, 0.15) is 11.9 Å². The van der Waals surface area contributed by atoms with E-state index >= 15 is 0 Å². The standard InChI is InChI=1S/C24H31F3NO5P/c25-24(26,27)23-15-21(33-22-14-20(28-16-22)17-32-34(29,30)31)13-12-19(23)11-7-2-1-4-8-18-9-5-3-6-10-18/h3,5-6,9-10,12-13,15,20,22,28H,1-2,4,7-8,11,14,16-17H2,(H2,29,30,31)/t20-,22-/m0/s1. The van der Waals surface area contributed by atoms with Crippen LogP contribution in [0.5, 0.6) is 5.75 Å². The minimum atomic E-state index is -4.57. The number of nitrogens with one attached hydrogen (secondary N) is 1. The zero-order valence-electron chi connectivity index (χ0n) is 18.8. The highest BCUT2D eigenvalue weighted by Crippen LogP contribution is 2.37. The molecule has 1 fully saturated rings. The predicted octanol–water partition coefficient (Wildman–Crippen LogP) is 5.27. The van der Waals surface area contributed by atoms with Crippen molar-refractivity contribution in [2.75, 3.05) is 13.2 Å². The first-order valence-corrected chi connectivity index (χ1v) is 13.0. The SMILES string of the molecule is O=P(O)(O)OC[C@@H]1C[C@H](Oc2ccc(CCCCCCc3ccccc3)c(C(F)(F)F)c2)CN1. The molecule has 2 atom stereocenters. The molecule has 0 spiro atoms. The number of halogens is 3. The van der Waals surface area contributed by atoms with Gasteiger partial charge in [-0.1, -0.05) is 49.2 Å². The van der Waals surface area contributed by atoms with E-state index in [9.17, 15) is 17.7 Å². The van der Waals surface area contributed by atoms with E-state index in [-0.39, 0.29) is 24.0 Å². The molecule has 1 saturated heterocycles. The van der Waals surface area contributed by atoms with Crippen LogP contribution in [0.1, 0.15) is 48.8 Å². The highest BCUT2D eigenvalue weighted by Gasteiger charge is 2.34. The molecule has 0 bridgehead atoms. The van der Waals surface area contributed by atoms with Gasteiger partial charge in [-0.05, 0) is 48.9 Å². The number of aryl methyl sites for hydroxylation is 2. The molecule has 0 unspecified atom stereocenters. The number of alkyl halides is 3. The summed E-state index contributed by atoms with van der Waals surface area (Å²) in [6.45, 7) is 0.142. The Bertz CT molecular complexity index is 951. The Balaban J connectivity index is 1.48. The molecule has 0 radical (unpaired) electrons. The summed E-state index contributed by atoms with van der Waals surface area (Å²) < 4.78 is 62.0. The molecular weight excluding hydrogens is 470 g/mol. The van der Waals surface area contributed by atoms with Crippen molar-refractivity contribution in [1.82, 2.24) is 5.32 Å². The van der Waals surface area contributed by atoms with Crippen molar-refractivity contribution in [3.05, 3.63) is 65.2 Å². The molecule has 2 aromatic carbocycles. The largest absolute Gasteiger partial charge is 0.489 e. The lowest BCUT2D eigenvalue weighted by Gasteiger charge is -2.18. The highest BCUT2D eigenvalue weighted by molar-refractivity contribution is 7.46. The molecule has 0 saturated carbocycles. The number of hydrogen-bond donors (Lipinski definition) is 3. The van der Waals surface area contributed by atoms with E-state index in [2.05, 4.69) is 22.0 Å². The van der Waals surface area contributed by atoms with Crippen LogP contribution in [-0.2, 0) is 28.1 Å². The van der Waals surface area contributed by atoms with Gasteiger partial charge in [0.25, 0.3) is 0 Å². The second-order valence-electron chi connectivity index (χ2n) is 8.58. The maximum absolute atomic E-state index is 13.7. The molecule has 0 amide bonds. The monoisotopic (exact) mass is 501 g/mol. The average molecular weight is 501 g/mol. The van der Waals surface area contributed by atoms with Crippen LogP contribution in [0.25, 0.3) is 0 Å². The van der Waals surface area contributed by atoms with Crippen molar-refractivity contribution in [1.29, 1.82) is 0 Å². The fourth-order valence-corrected chi connectivity index (χ4v) is 4.51. The summed E-state index contributed by atoms with van der Waals surface area (Å²) in [5.41, 5.74) is 0.859. The van der Waals surface area contributed by atoms with Crippen molar-refractivity contribution in [2.24, 2.45) is 0 Å². The topological polar surface area (TPSA) is 88.0 Å². The van der Waals surface area contributed by atoms with E-state index in [4.69, 9.17) is 14.5 Å². The van der Waals surface area contributed by atoms with Gasteiger partial charge < -0.3 is 19.8 Å². The van der Waals surface area contributed by atoms with Gasteiger partial charge in [0.15, 0.2) is 0 Å². The van der Waals surface area contributed by atoms with Gasteiger partial charge in [-0.3, -0.25) is 4.52 Å². The Morgan fingerprint density at radius 1 is 1.00 bits per heavy atom. The Morgan fingerprint density at radius 3 is 2.38 bits per heavy atom. The molecule has 1 aliphatic rings. The van der Waals surface area contributed by atoms with Crippen LogP contribution in [0.3, 0.4) is 0 Å². The van der Waals surface area contributed by atoms with Crippen LogP contribution < -0.4 is 10.1 Å². The molecule has 1 aliphatic heterocycles. The highest BCUT2D eigenvalue weighted by atomic mass is 31.2. The first kappa shape index (κ1) is 26.7. The lowest BCUT2D eigenvalue weighted by atomic mass is 9.99. The summed E-state index contributed by atoms with van der Waals surface area (Å²) in [4.78, 5) is 17.6. The lowest BCUT2D eigenvalue weighted by molar-refractivity contribution is -0.138. The van der Waals surface area contributed by atoms with Crippen molar-refractivity contribution in [3.63, 3.8) is 0 Å². The maximum atomic E-state index is 13.7. The van der Waals surface area contributed by atoms with Gasteiger partial charge in [0, 0.05) is 19.0 Å². The Kier molecular flexibility index (Phi) is 9.56. The molecule has 6 nitrogen and oxygen atoms in total. The zero-order valence-corrected chi connectivity index (χ0v) is 19.7. The second kappa shape index (κ2) is 12.2. The number of benzene rings is 2. The van der Waals surface area contributed by atoms with Gasteiger partial charge >= 0.3 is 14.0 Å². The van der Waals surface area contributed by atoms with E-state index < -0.39 is 25.7 Å². The third kappa shape index (κ3) is 9.04. The maximum Gasteiger partial charge on any atom is 0.469 e. The van der Waals surface area contributed by atoms with Crippen LogP contribution >= 0.6 is 7.82 Å². The minimum absolute atomic E-state index is 0.127. The third-order valence-electron chi connectivity index (χ3n) is 5.82. The smallest absolute Gasteiger partial charge is 0.469 e. The zero-order chi connectivity index (χ0) is 24.6. The average Bonchev–Trinajstić information content (AvgIpc) is 3.22. The molecule has 34 heavy (non-hydrogen) atoms. The van der Waals surface area contributed by atoms with Gasteiger partial charge in [0.05, 0.1) is 12.2 Å². The molecule has 10 heteroatoms. The Hall–Kier alpha value is -1.90. The quantitative estimate of drug-likeness (QED) is 0.271. The van der Waals surface area contributed by atoms with Gasteiger partial charge in [0.2, 0.25) is 0 Å². The molecule has 0 aromatic heterocycles. The van der Waals surface area contributed by atoms with E-state index in [1.165, 1.54) is 11.6 Å². The number of phosphoric acid groups is 1. The summed E-state index contributed by atoms with van der Waals surface area (Å²) in [5, 5.41) is 3.00. The summed E-state index contributed by atoms with van der Waals surface area (Å²) in [6.07, 6.45) is 0.345. The van der Waals surface area contributed by atoms with Crippen LogP contribution in [0.15, 0.2) is 48.5 Å². The molecule has 2 aromatic rings.